The third kappa shape index (κ3) is 1.40. The van der Waals surface area contributed by atoms with Gasteiger partial charge in [0, 0.05) is 11.5 Å². The molecule has 0 saturated carbocycles. The number of rotatable bonds is 1. The largest absolute Gasteiger partial charge is 0.425 e. The van der Waals surface area contributed by atoms with E-state index >= 15 is 0 Å². The van der Waals surface area contributed by atoms with Crippen LogP contribution in [-0.2, 0) is 0 Å². The number of aromatic nitrogens is 1. The van der Waals surface area contributed by atoms with Crippen LogP contribution < -0.4 is 5.56 Å². The topological polar surface area (TPSA) is 85.4 Å². The van der Waals surface area contributed by atoms with E-state index in [1.807, 2.05) is 6.92 Å². The molecule has 1 N–H and O–H groups in total. The fourth-order valence-corrected chi connectivity index (χ4v) is 1.54. The molecule has 0 aliphatic heterocycles. The van der Waals surface area contributed by atoms with Gasteiger partial charge in [-0.15, -0.1) is 4.73 Å². The van der Waals surface area contributed by atoms with Crippen molar-refractivity contribution in [2.75, 3.05) is 0 Å². The molecule has 0 saturated heterocycles. The summed E-state index contributed by atoms with van der Waals surface area (Å²) in [6.07, 6.45) is 0. The Hall–Kier alpha value is -2.37. The number of benzene rings is 1. The van der Waals surface area contributed by atoms with Crippen LogP contribution in [0.2, 0.25) is 0 Å². The molecule has 0 amide bonds. The first-order chi connectivity index (χ1) is 7.50. The standard InChI is InChI=1S/C10H8N2O4/c1-6-2-3-8-7(4-6)5-9(12(15)16)10(13)11(8)14/h2-5,14H,1H3. The zero-order chi connectivity index (χ0) is 11.9. The monoisotopic (exact) mass is 220 g/mol. The molecule has 16 heavy (non-hydrogen) atoms. The Bertz CT molecular complexity index is 645. The molecule has 0 radical (unpaired) electrons. The Morgan fingerprint density at radius 3 is 2.69 bits per heavy atom. The van der Waals surface area contributed by atoms with E-state index in [0.717, 1.165) is 11.6 Å². The third-order valence-corrected chi connectivity index (χ3v) is 2.31. The molecule has 2 rings (SSSR count). The Labute approximate surface area is 89.5 Å². The number of fused-ring (bicyclic) bond motifs is 1. The van der Waals surface area contributed by atoms with Crippen molar-refractivity contribution in [3.8, 4) is 0 Å². The van der Waals surface area contributed by atoms with E-state index in [2.05, 4.69) is 0 Å². The molecule has 1 heterocycles. The lowest BCUT2D eigenvalue weighted by atomic mass is 10.1. The van der Waals surface area contributed by atoms with Crippen LogP contribution in [0.15, 0.2) is 29.1 Å². The van der Waals surface area contributed by atoms with Crippen LogP contribution in [0.1, 0.15) is 5.56 Å². The SMILES string of the molecule is Cc1ccc2c(c1)cc([N+](=O)[O-])c(=O)n2O. The van der Waals surface area contributed by atoms with Crippen molar-refractivity contribution in [1.29, 1.82) is 0 Å². The van der Waals surface area contributed by atoms with Crippen molar-refractivity contribution in [3.05, 3.63) is 50.3 Å². The van der Waals surface area contributed by atoms with E-state index in [-0.39, 0.29) is 5.52 Å². The summed E-state index contributed by atoms with van der Waals surface area (Å²) in [5, 5.41) is 20.5. The highest BCUT2D eigenvalue weighted by Gasteiger charge is 2.17. The van der Waals surface area contributed by atoms with E-state index in [1.54, 1.807) is 12.1 Å². The van der Waals surface area contributed by atoms with Crippen molar-refractivity contribution in [2.45, 2.75) is 6.92 Å². The molecule has 0 unspecified atom stereocenters. The quantitative estimate of drug-likeness (QED) is 0.447. The molecule has 0 fully saturated rings. The second-order valence-corrected chi connectivity index (χ2v) is 3.47. The third-order valence-electron chi connectivity index (χ3n) is 2.31. The van der Waals surface area contributed by atoms with Gasteiger partial charge in [-0.3, -0.25) is 14.9 Å². The fraction of sp³-hybridized carbons (Fsp3) is 0.100. The number of nitro groups is 1. The summed E-state index contributed by atoms with van der Waals surface area (Å²) in [5.41, 5.74) is -0.524. The van der Waals surface area contributed by atoms with Crippen molar-refractivity contribution in [2.24, 2.45) is 0 Å². The highest BCUT2D eigenvalue weighted by atomic mass is 16.6. The Morgan fingerprint density at radius 2 is 2.06 bits per heavy atom. The van der Waals surface area contributed by atoms with Crippen LogP contribution in [0, 0.1) is 17.0 Å². The van der Waals surface area contributed by atoms with Gasteiger partial charge in [0.25, 0.3) is 0 Å². The maximum Gasteiger partial charge on any atom is 0.361 e. The minimum atomic E-state index is -1.03. The Morgan fingerprint density at radius 1 is 1.38 bits per heavy atom. The van der Waals surface area contributed by atoms with Crippen molar-refractivity contribution >= 4 is 16.6 Å². The molecule has 6 nitrogen and oxygen atoms in total. The van der Waals surface area contributed by atoms with Gasteiger partial charge in [0.1, 0.15) is 0 Å². The number of pyridine rings is 1. The summed E-state index contributed by atoms with van der Waals surface area (Å²) in [4.78, 5) is 21.2. The van der Waals surface area contributed by atoms with Gasteiger partial charge >= 0.3 is 11.2 Å². The second-order valence-electron chi connectivity index (χ2n) is 3.47. The lowest BCUT2D eigenvalue weighted by Crippen LogP contribution is -2.20. The zero-order valence-electron chi connectivity index (χ0n) is 8.38. The predicted molar refractivity (Wildman–Crippen MR) is 56.8 cm³/mol. The smallest absolute Gasteiger partial charge is 0.361 e. The van der Waals surface area contributed by atoms with Crippen LogP contribution in [0.25, 0.3) is 10.9 Å². The molecular formula is C10H8N2O4. The van der Waals surface area contributed by atoms with Crippen molar-refractivity contribution in [1.82, 2.24) is 4.73 Å². The summed E-state index contributed by atoms with van der Waals surface area (Å²) >= 11 is 0. The average Bonchev–Trinajstić information content (AvgIpc) is 2.22. The van der Waals surface area contributed by atoms with Crippen molar-refractivity contribution < 1.29 is 10.1 Å². The van der Waals surface area contributed by atoms with Crippen LogP contribution in [-0.4, -0.2) is 14.9 Å². The molecule has 1 aromatic heterocycles. The highest BCUT2D eigenvalue weighted by molar-refractivity contribution is 5.81. The summed E-state index contributed by atoms with van der Waals surface area (Å²) < 4.78 is 0.299. The van der Waals surface area contributed by atoms with Gasteiger partial charge < -0.3 is 5.21 Å². The number of hydrogen-bond acceptors (Lipinski definition) is 4. The summed E-state index contributed by atoms with van der Waals surface area (Å²) in [5.74, 6) is 0. The Kier molecular flexibility index (Phi) is 2.12. The van der Waals surface area contributed by atoms with E-state index in [0.29, 0.717) is 10.1 Å². The summed E-state index contributed by atoms with van der Waals surface area (Å²) in [6, 6.07) is 6.07. The molecular weight excluding hydrogens is 212 g/mol. The molecule has 6 heteroatoms. The van der Waals surface area contributed by atoms with Gasteiger partial charge in [-0.25, -0.2) is 0 Å². The fourth-order valence-electron chi connectivity index (χ4n) is 1.54. The average molecular weight is 220 g/mol. The Balaban J connectivity index is 2.94. The number of nitrogens with zero attached hydrogens (tertiary/aromatic N) is 2. The molecule has 0 spiro atoms. The number of hydrogen-bond donors (Lipinski definition) is 1. The zero-order valence-corrected chi connectivity index (χ0v) is 8.38. The van der Waals surface area contributed by atoms with Gasteiger partial charge in [-0.1, -0.05) is 11.6 Å². The molecule has 0 aliphatic rings. The van der Waals surface area contributed by atoms with Crippen LogP contribution >= 0.6 is 0 Å². The second kappa shape index (κ2) is 3.34. The van der Waals surface area contributed by atoms with Crippen LogP contribution in [0.5, 0.6) is 0 Å². The van der Waals surface area contributed by atoms with Crippen LogP contribution in [0.4, 0.5) is 5.69 Å². The molecule has 0 aliphatic carbocycles. The predicted octanol–water partition coefficient (Wildman–Crippen LogP) is 1.46. The van der Waals surface area contributed by atoms with E-state index < -0.39 is 16.2 Å². The first kappa shape index (κ1) is 10.2. The molecule has 2 aromatic rings. The summed E-state index contributed by atoms with van der Waals surface area (Å²) in [7, 11) is 0. The molecule has 1 aromatic carbocycles. The van der Waals surface area contributed by atoms with E-state index in [4.69, 9.17) is 0 Å². The first-order valence-corrected chi connectivity index (χ1v) is 4.51. The minimum absolute atomic E-state index is 0.251. The minimum Gasteiger partial charge on any atom is -0.425 e. The maximum absolute atomic E-state index is 11.4. The lowest BCUT2D eigenvalue weighted by molar-refractivity contribution is -0.386. The molecule has 0 atom stereocenters. The van der Waals surface area contributed by atoms with Crippen molar-refractivity contribution in [3.63, 3.8) is 0 Å². The van der Waals surface area contributed by atoms with Crippen LogP contribution in [0.3, 0.4) is 0 Å². The van der Waals surface area contributed by atoms with Gasteiger partial charge in [0.05, 0.1) is 10.4 Å². The molecule has 82 valence electrons. The highest BCUT2D eigenvalue weighted by Crippen LogP contribution is 2.17. The van der Waals surface area contributed by atoms with Gasteiger partial charge in [-0.05, 0) is 19.1 Å². The molecule has 0 bridgehead atoms. The van der Waals surface area contributed by atoms with E-state index in [9.17, 15) is 20.1 Å². The number of aryl methyl sites for hydroxylation is 1. The lowest BCUT2D eigenvalue weighted by Gasteiger charge is -2.03. The van der Waals surface area contributed by atoms with E-state index in [1.165, 1.54) is 6.07 Å². The maximum atomic E-state index is 11.4. The van der Waals surface area contributed by atoms with Gasteiger partial charge in [0.15, 0.2) is 0 Å². The van der Waals surface area contributed by atoms with Gasteiger partial charge in [-0.2, -0.15) is 0 Å². The van der Waals surface area contributed by atoms with Gasteiger partial charge in [0.2, 0.25) is 0 Å². The normalized spacial score (nSPS) is 10.6. The first-order valence-electron chi connectivity index (χ1n) is 4.51. The summed E-state index contributed by atoms with van der Waals surface area (Å²) in [6.45, 7) is 1.82.